The lowest BCUT2D eigenvalue weighted by Gasteiger charge is -2.08. The smallest absolute Gasteiger partial charge is 0.164 e. The summed E-state index contributed by atoms with van der Waals surface area (Å²) in [6, 6.07) is 55.7. The second kappa shape index (κ2) is 11.4. The Balaban J connectivity index is 1.15. The van der Waals surface area contributed by atoms with Gasteiger partial charge in [0.1, 0.15) is 22.3 Å². The molecule has 0 spiro atoms. The molecule has 3 aromatic heterocycles. The Morgan fingerprint density at radius 3 is 1.54 bits per heavy atom. The van der Waals surface area contributed by atoms with E-state index in [4.69, 9.17) is 23.8 Å². The van der Waals surface area contributed by atoms with Crippen LogP contribution in [-0.4, -0.2) is 15.0 Å². The van der Waals surface area contributed by atoms with Crippen LogP contribution in [0.25, 0.3) is 100 Å². The Hall–Kier alpha value is -6.85. The molecule has 0 N–H and O–H groups in total. The lowest BCUT2D eigenvalue weighted by molar-refractivity contribution is 0.669. The SMILES string of the molecule is c1ccc(-c2nc(-c3ccccc3)nc(-c3ccc4c(c3)oc3c(-c5cc(-c6ccccc6)c6oc7ccccc7c6c5)cccc34)n2)cc1. The minimum absolute atomic E-state index is 0.588. The zero-order valence-corrected chi connectivity index (χ0v) is 26.7. The average Bonchev–Trinajstić information content (AvgIpc) is 3.76. The second-order valence-electron chi connectivity index (χ2n) is 12.4. The third kappa shape index (κ3) is 4.67. The van der Waals surface area contributed by atoms with Gasteiger partial charge in [0.2, 0.25) is 0 Å². The lowest BCUT2D eigenvalue weighted by Crippen LogP contribution is -2.00. The molecule has 0 fully saturated rings. The van der Waals surface area contributed by atoms with Gasteiger partial charge in [-0.1, -0.05) is 133 Å². The summed E-state index contributed by atoms with van der Waals surface area (Å²) in [5.41, 5.74) is 10.3. The molecule has 0 atom stereocenters. The summed E-state index contributed by atoms with van der Waals surface area (Å²) in [5.74, 6) is 1.83. The van der Waals surface area contributed by atoms with Crippen molar-refractivity contribution in [3.05, 3.63) is 164 Å². The number of hydrogen-bond donors (Lipinski definition) is 0. The second-order valence-corrected chi connectivity index (χ2v) is 12.4. The Labute approximate surface area is 287 Å². The van der Waals surface area contributed by atoms with E-state index >= 15 is 0 Å². The zero-order chi connectivity index (χ0) is 33.0. The van der Waals surface area contributed by atoms with Crippen LogP contribution in [-0.2, 0) is 0 Å². The predicted octanol–water partition coefficient (Wildman–Crippen LogP) is 12.0. The van der Waals surface area contributed by atoms with E-state index in [-0.39, 0.29) is 0 Å². The molecule has 0 aliphatic rings. The number of para-hydroxylation sites is 2. The van der Waals surface area contributed by atoms with Crippen molar-refractivity contribution in [2.24, 2.45) is 0 Å². The molecular formula is C45H27N3O2. The van der Waals surface area contributed by atoms with Crippen molar-refractivity contribution in [2.75, 3.05) is 0 Å². The van der Waals surface area contributed by atoms with Crippen LogP contribution in [0.4, 0.5) is 0 Å². The highest BCUT2D eigenvalue weighted by atomic mass is 16.3. The van der Waals surface area contributed by atoms with Crippen molar-refractivity contribution >= 4 is 43.9 Å². The van der Waals surface area contributed by atoms with E-state index in [0.29, 0.717) is 17.5 Å². The molecule has 50 heavy (non-hydrogen) atoms. The normalized spacial score (nSPS) is 11.6. The van der Waals surface area contributed by atoms with E-state index in [1.165, 1.54) is 0 Å². The van der Waals surface area contributed by atoms with Crippen molar-refractivity contribution < 1.29 is 8.83 Å². The molecule has 0 aliphatic carbocycles. The third-order valence-corrected chi connectivity index (χ3v) is 9.33. The van der Waals surface area contributed by atoms with Crippen LogP contribution in [0.1, 0.15) is 0 Å². The highest BCUT2D eigenvalue weighted by molar-refractivity contribution is 6.14. The van der Waals surface area contributed by atoms with E-state index in [9.17, 15) is 0 Å². The molecule has 0 bridgehead atoms. The van der Waals surface area contributed by atoms with Gasteiger partial charge in [-0.3, -0.25) is 0 Å². The molecule has 10 rings (SSSR count). The first-order valence-electron chi connectivity index (χ1n) is 16.6. The summed E-state index contributed by atoms with van der Waals surface area (Å²) in [7, 11) is 0. The summed E-state index contributed by atoms with van der Waals surface area (Å²) in [6.07, 6.45) is 0. The van der Waals surface area contributed by atoms with Gasteiger partial charge in [0, 0.05) is 49.4 Å². The Kier molecular flexibility index (Phi) is 6.42. The summed E-state index contributed by atoms with van der Waals surface area (Å²) in [5, 5.41) is 4.24. The van der Waals surface area contributed by atoms with Gasteiger partial charge in [-0.15, -0.1) is 0 Å². The maximum atomic E-state index is 6.76. The van der Waals surface area contributed by atoms with E-state index in [1.807, 2.05) is 84.9 Å². The van der Waals surface area contributed by atoms with Gasteiger partial charge in [0.25, 0.3) is 0 Å². The lowest BCUT2D eigenvalue weighted by atomic mass is 9.95. The minimum atomic E-state index is 0.588. The summed E-state index contributed by atoms with van der Waals surface area (Å²) in [6.45, 7) is 0. The van der Waals surface area contributed by atoms with E-state index in [0.717, 1.165) is 82.8 Å². The molecule has 3 heterocycles. The number of hydrogen-bond acceptors (Lipinski definition) is 5. The van der Waals surface area contributed by atoms with E-state index in [1.54, 1.807) is 0 Å². The highest BCUT2D eigenvalue weighted by Crippen LogP contribution is 2.43. The maximum Gasteiger partial charge on any atom is 0.164 e. The molecule has 0 aliphatic heterocycles. The number of nitrogens with zero attached hydrogens (tertiary/aromatic N) is 3. The van der Waals surface area contributed by atoms with Crippen molar-refractivity contribution in [3.8, 4) is 56.4 Å². The molecular weight excluding hydrogens is 615 g/mol. The molecule has 0 saturated carbocycles. The summed E-state index contributed by atoms with van der Waals surface area (Å²) in [4.78, 5) is 14.7. The van der Waals surface area contributed by atoms with E-state index in [2.05, 4.69) is 78.9 Å². The first-order chi connectivity index (χ1) is 24.8. The summed E-state index contributed by atoms with van der Waals surface area (Å²) < 4.78 is 13.2. The molecule has 5 nitrogen and oxygen atoms in total. The quantitative estimate of drug-likeness (QED) is 0.187. The van der Waals surface area contributed by atoms with E-state index < -0.39 is 0 Å². The average molecular weight is 642 g/mol. The minimum Gasteiger partial charge on any atom is -0.455 e. The molecule has 234 valence electrons. The van der Waals surface area contributed by atoms with Crippen molar-refractivity contribution in [3.63, 3.8) is 0 Å². The largest absolute Gasteiger partial charge is 0.455 e. The van der Waals surface area contributed by atoms with Crippen LogP contribution in [0.2, 0.25) is 0 Å². The first kappa shape index (κ1) is 28.2. The Bertz CT molecular complexity index is 2800. The molecule has 7 aromatic carbocycles. The number of benzene rings is 7. The van der Waals surface area contributed by atoms with Gasteiger partial charge in [0.05, 0.1) is 0 Å². The fraction of sp³-hybridized carbons (Fsp3) is 0. The predicted molar refractivity (Wildman–Crippen MR) is 202 cm³/mol. The topological polar surface area (TPSA) is 65.0 Å². The van der Waals surface area contributed by atoms with Crippen LogP contribution < -0.4 is 0 Å². The number of furan rings is 2. The van der Waals surface area contributed by atoms with Crippen molar-refractivity contribution in [2.45, 2.75) is 0 Å². The van der Waals surface area contributed by atoms with Crippen molar-refractivity contribution in [1.82, 2.24) is 15.0 Å². The number of rotatable bonds is 5. The fourth-order valence-corrected chi connectivity index (χ4v) is 6.92. The Morgan fingerprint density at radius 1 is 0.300 bits per heavy atom. The molecule has 10 aromatic rings. The van der Waals surface area contributed by atoms with Crippen LogP contribution >= 0.6 is 0 Å². The maximum absolute atomic E-state index is 6.76. The van der Waals surface area contributed by atoms with Gasteiger partial charge in [-0.05, 0) is 41.5 Å². The van der Waals surface area contributed by atoms with Gasteiger partial charge in [0.15, 0.2) is 17.5 Å². The van der Waals surface area contributed by atoms with Gasteiger partial charge < -0.3 is 8.83 Å². The first-order valence-corrected chi connectivity index (χ1v) is 16.6. The highest BCUT2D eigenvalue weighted by Gasteiger charge is 2.19. The Morgan fingerprint density at radius 2 is 0.840 bits per heavy atom. The van der Waals surface area contributed by atoms with Crippen LogP contribution in [0, 0.1) is 0 Å². The van der Waals surface area contributed by atoms with Crippen molar-refractivity contribution in [1.29, 1.82) is 0 Å². The standard InChI is InChI=1S/C45H27N3O2/c1-4-13-28(14-5-1)37-25-32(26-38-34-19-10-11-22-39(34)49-42(37)38)33-20-12-21-36-35-24-23-31(27-40(35)50-41(33)36)45-47-43(29-15-6-2-7-16-29)46-44(48-45)30-17-8-3-9-18-30/h1-27H. The van der Waals surface area contributed by atoms with Gasteiger partial charge in [-0.2, -0.15) is 0 Å². The van der Waals surface area contributed by atoms with Crippen LogP contribution in [0.5, 0.6) is 0 Å². The molecule has 0 amide bonds. The van der Waals surface area contributed by atoms with Crippen LogP contribution in [0.15, 0.2) is 173 Å². The molecule has 0 saturated heterocycles. The molecule has 0 unspecified atom stereocenters. The van der Waals surface area contributed by atoms with Gasteiger partial charge in [-0.25, -0.2) is 15.0 Å². The molecule has 5 heteroatoms. The number of fused-ring (bicyclic) bond motifs is 6. The van der Waals surface area contributed by atoms with Crippen LogP contribution in [0.3, 0.4) is 0 Å². The summed E-state index contributed by atoms with van der Waals surface area (Å²) >= 11 is 0. The molecule has 0 radical (unpaired) electrons. The monoisotopic (exact) mass is 641 g/mol. The fourth-order valence-electron chi connectivity index (χ4n) is 6.92. The third-order valence-electron chi connectivity index (χ3n) is 9.33. The zero-order valence-electron chi connectivity index (χ0n) is 26.7. The number of aromatic nitrogens is 3. The van der Waals surface area contributed by atoms with Gasteiger partial charge >= 0.3 is 0 Å².